The summed E-state index contributed by atoms with van der Waals surface area (Å²) in [6, 6.07) is 0. The smallest absolute Gasteiger partial charge is 0.234 e. The van der Waals surface area contributed by atoms with Gasteiger partial charge in [-0.25, -0.2) is 0 Å². The molecule has 0 saturated carbocycles. The van der Waals surface area contributed by atoms with Crippen molar-refractivity contribution in [2.75, 3.05) is 26.2 Å². The van der Waals surface area contributed by atoms with Crippen molar-refractivity contribution in [3.05, 3.63) is 0 Å². The monoisotopic (exact) mass is 705 g/mol. The quantitative estimate of drug-likeness (QED) is 0.152. The van der Waals surface area contributed by atoms with Crippen LogP contribution in [-0.4, -0.2) is 28.2 Å². The molecule has 0 aromatic carbocycles. The maximum Gasteiger partial charge on any atom is 0.234 e. The van der Waals surface area contributed by atoms with Crippen LogP contribution in [0.2, 0.25) is 0 Å². The molecule has 0 unspecified atom stereocenters. The molecule has 0 bridgehead atoms. The average Bonchev–Trinajstić information content (AvgIpc) is 2.16. The lowest BCUT2D eigenvalue weighted by molar-refractivity contribution is -0.928. The highest BCUT2D eigenvalue weighted by molar-refractivity contribution is 14.5. The molecule has 0 heterocycles. The molecule has 0 amide bonds. The fourth-order valence-electron chi connectivity index (χ4n) is 2.57. The van der Waals surface area contributed by atoms with Gasteiger partial charge in [0.15, 0.2) is 0 Å². The first kappa shape index (κ1) is 23.2. The maximum absolute atomic E-state index is 2.40. The molecule has 0 saturated heterocycles. The fourth-order valence-corrected chi connectivity index (χ4v) is 2.57. The van der Waals surface area contributed by atoms with Crippen LogP contribution in [0.4, 0.5) is 0 Å². The minimum absolute atomic E-state index is 0.120. The molecule has 18 heavy (non-hydrogen) atoms. The molecule has 0 aliphatic heterocycles. The standard InChI is InChI=1S/C12H28N.BI4/c1-5-9-13(10-6-2,11-7-3)12-8-4;2-1(3,4)5/h5-12H2,1-4H3;/q+1;-1. The molecule has 112 valence electrons. The number of hydrogen-bond acceptors (Lipinski definition) is 0. The van der Waals surface area contributed by atoms with Gasteiger partial charge in [-0.15, -0.1) is 0 Å². The third kappa shape index (κ3) is 17.0. The zero-order chi connectivity index (χ0) is 14.7. The Morgan fingerprint density at radius 3 is 0.889 bits per heavy atom. The van der Waals surface area contributed by atoms with E-state index in [9.17, 15) is 0 Å². The Hall–Kier alpha value is 2.94. The third-order valence-electron chi connectivity index (χ3n) is 2.79. The van der Waals surface area contributed by atoms with Crippen molar-refractivity contribution in [3.8, 4) is 0 Å². The van der Waals surface area contributed by atoms with Crippen molar-refractivity contribution in [1.29, 1.82) is 0 Å². The first-order valence-corrected chi connectivity index (χ1v) is 11.9. The van der Waals surface area contributed by atoms with Crippen molar-refractivity contribution in [3.63, 3.8) is 0 Å². The highest BCUT2D eigenvalue weighted by Crippen LogP contribution is 2.35. The van der Waals surface area contributed by atoms with Crippen molar-refractivity contribution in [1.82, 2.24) is 0 Å². The molecular formula is C12H28BI4N. The van der Waals surface area contributed by atoms with Crippen LogP contribution in [0.1, 0.15) is 53.4 Å². The van der Waals surface area contributed by atoms with Gasteiger partial charge in [-0.3, -0.25) is 0 Å². The van der Waals surface area contributed by atoms with Crippen LogP contribution in [0.3, 0.4) is 0 Å². The molecule has 0 aromatic rings. The van der Waals surface area contributed by atoms with Gasteiger partial charge in [0.1, 0.15) is 0 Å². The van der Waals surface area contributed by atoms with E-state index in [4.69, 9.17) is 0 Å². The molecule has 0 rings (SSSR count). The predicted octanol–water partition coefficient (Wildman–Crippen LogP) is 6.61. The van der Waals surface area contributed by atoms with E-state index in [-0.39, 0.29) is -2.43 Å². The van der Waals surface area contributed by atoms with Crippen LogP contribution in [-0.2, 0) is 0 Å². The minimum Gasteiger partial charge on any atom is -0.324 e. The van der Waals surface area contributed by atoms with E-state index in [0.717, 1.165) is 0 Å². The zero-order valence-electron chi connectivity index (χ0n) is 12.2. The summed E-state index contributed by atoms with van der Waals surface area (Å²) in [4.78, 5) is 0. The SMILES string of the molecule is CCC[N+](CCC)(CCC)CCC.I[B-](I)(I)I. The van der Waals surface area contributed by atoms with E-state index >= 15 is 0 Å². The Bertz CT molecular complexity index is 150. The summed E-state index contributed by atoms with van der Waals surface area (Å²) in [6.45, 7) is 14.8. The van der Waals surface area contributed by atoms with Crippen molar-refractivity contribution in [2.24, 2.45) is 0 Å². The summed E-state index contributed by atoms with van der Waals surface area (Å²) in [7, 11) is 0. The summed E-state index contributed by atoms with van der Waals surface area (Å²) in [5.41, 5.74) is 0. The number of rotatable bonds is 8. The molecule has 0 aromatic heterocycles. The first-order chi connectivity index (χ1) is 8.24. The van der Waals surface area contributed by atoms with E-state index in [0.29, 0.717) is 0 Å². The number of quaternary nitrogens is 1. The van der Waals surface area contributed by atoms with E-state index in [1.54, 1.807) is 0 Å². The second kappa shape index (κ2) is 13.6. The molecule has 0 fully saturated rings. The lowest BCUT2D eigenvalue weighted by Gasteiger charge is -2.38. The van der Waals surface area contributed by atoms with Gasteiger partial charge in [-0.05, 0) is 25.7 Å². The molecule has 1 nitrogen and oxygen atoms in total. The van der Waals surface area contributed by atoms with Crippen molar-refractivity contribution in [2.45, 2.75) is 53.4 Å². The van der Waals surface area contributed by atoms with Gasteiger partial charge in [0, 0.05) is 0 Å². The summed E-state index contributed by atoms with van der Waals surface area (Å²) in [5, 5.41) is 0. The summed E-state index contributed by atoms with van der Waals surface area (Å²) in [6.07, 6.45) is 5.33. The fraction of sp³-hybridized carbons (Fsp3) is 1.00. The Morgan fingerprint density at radius 1 is 0.611 bits per heavy atom. The van der Waals surface area contributed by atoms with E-state index < -0.39 is 0 Å². The predicted molar refractivity (Wildman–Crippen MR) is 123 cm³/mol. The average molecular weight is 705 g/mol. The molecule has 0 N–H and O–H groups in total. The Balaban J connectivity index is 0. The molecule has 6 heteroatoms. The Morgan fingerprint density at radius 2 is 0.778 bits per heavy atom. The largest absolute Gasteiger partial charge is 0.324 e. The molecule has 0 atom stereocenters. The van der Waals surface area contributed by atoms with E-state index in [2.05, 4.69) is 117 Å². The number of nitrogens with zero attached hydrogens (tertiary/aromatic N) is 1. The first-order valence-electron chi connectivity index (χ1n) is 6.97. The molecule has 0 aliphatic carbocycles. The second-order valence-corrected chi connectivity index (χ2v) is 26.5. The molecule has 0 radical (unpaired) electrons. The van der Waals surface area contributed by atoms with Crippen LogP contribution in [0.15, 0.2) is 0 Å². The van der Waals surface area contributed by atoms with Crippen LogP contribution in [0, 0.1) is 0 Å². The van der Waals surface area contributed by atoms with Gasteiger partial charge in [0.25, 0.3) is 0 Å². The van der Waals surface area contributed by atoms with Gasteiger partial charge in [-0.2, -0.15) is 0 Å². The van der Waals surface area contributed by atoms with Crippen LogP contribution >= 0.6 is 89.5 Å². The lowest BCUT2D eigenvalue weighted by atomic mass is 10.2. The molecule has 0 aliphatic rings. The number of hydrogen-bond donors (Lipinski definition) is 0. The summed E-state index contributed by atoms with van der Waals surface area (Å²) >= 11 is 9.60. The molecular weight excluding hydrogens is 677 g/mol. The topological polar surface area (TPSA) is 0 Å². The van der Waals surface area contributed by atoms with Crippen LogP contribution < -0.4 is 0 Å². The summed E-state index contributed by atoms with van der Waals surface area (Å²) in [5.74, 6) is 0. The highest BCUT2D eigenvalue weighted by Gasteiger charge is 2.22. The minimum atomic E-state index is -0.120. The lowest BCUT2D eigenvalue weighted by Crippen LogP contribution is -2.50. The summed E-state index contributed by atoms with van der Waals surface area (Å²) < 4.78 is 1.25. The third-order valence-corrected chi connectivity index (χ3v) is 2.79. The van der Waals surface area contributed by atoms with Gasteiger partial charge < -0.3 is 94.0 Å². The highest BCUT2D eigenvalue weighted by atomic mass is 127. The normalized spacial score (nSPS) is 12.0. The van der Waals surface area contributed by atoms with Crippen LogP contribution in [0.5, 0.6) is 0 Å². The molecule has 0 spiro atoms. The van der Waals surface area contributed by atoms with Gasteiger partial charge in [-0.1, -0.05) is 27.7 Å². The Kier molecular flexibility index (Phi) is 17.5. The maximum atomic E-state index is 2.40. The van der Waals surface area contributed by atoms with E-state index in [1.165, 1.54) is 56.3 Å². The van der Waals surface area contributed by atoms with Gasteiger partial charge in [0.2, 0.25) is -2.43 Å². The van der Waals surface area contributed by atoms with Crippen molar-refractivity contribution < 1.29 is 4.48 Å². The Labute approximate surface area is 168 Å². The number of halogens is 4. The second-order valence-electron chi connectivity index (χ2n) is 4.73. The van der Waals surface area contributed by atoms with Gasteiger partial charge in [0.05, 0.1) is 26.2 Å². The zero-order valence-corrected chi connectivity index (χ0v) is 20.8. The van der Waals surface area contributed by atoms with E-state index in [1.807, 2.05) is 0 Å². The van der Waals surface area contributed by atoms with Gasteiger partial charge >= 0.3 is 0 Å². The van der Waals surface area contributed by atoms with Crippen molar-refractivity contribution >= 4 is 87.1 Å². The van der Waals surface area contributed by atoms with Crippen LogP contribution in [0.25, 0.3) is 0 Å².